The zero-order valence-electron chi connectivity index (χ0n) is 58.0. The van der Waals surface area contributed by atoms with Gasteiger partial charge in [-0.1, -0.05) is 161 Å². The van der Waals surface area contributed by atoms with Gasteiger partial charge >= 0.3 is 35.0 Å². The van der Waals surface area contributed by atoms with E-state index in [4.69, 9.17) is 14.2 Å². The third-order valence-corrected chi connectivity index (χ3v) is 19.1. The number of benzene rings is 3. The highest BCUT2D eigenvalue weighted by Gasteiger charge is 2.28. The summed E-state index contributed by atoms with van der Waals surface area (Å²) in [6.45, 7) is 39.0. The Bertz CT molecular complexity index is 2840. The van der Waals surface area contributed by atoms with Crippen molar-refractivity contribution in [2.24, 2.45) is 0 Å². The molecule has 0 fully saturated rings. The molecule has 18 heteroatoms. The summed E-state index contributed by atoms with van der Waals surface area (Å²) >= 11 is 4.54. The number of carbonyl (C=O) groups excluding carboxylic acids is 3. The molecule has 0 spiro atoms. The first-order valence-electron chi connectivity index (χ1n) is 32.5. The highest BCUT2D eigenvalue weighted by atomic mass is 32.2. The molecule has 0 atom stereocenters. The molecule has 90 heavy (non-hydrogen) atoms. The van der Waals surface area contributed by atoms with Gasteiger partial charge in [0.2, 0.25) is 0 Å². The van der Waals surface area contributed by atoms with Gasteiger partial charge in [0, 0.05) is 36.9 Å². The summed E-state index contributed by atoms with van der Waals surface area (Å²) in [6, 6.07) is 12.4. The van der Waals surface area contributed by atoms with E-state index < -0.39 is 17.1 Å². The minimum Gasteiger partial charge on any atom is -0.507 e. The van der Waals surface area contributed by atoms with Crippen molar-refractivity contribution in [3.63, 3.8) is 0 Å². The van der Waals surface area contributed by atoms with Crippen molar-refractivity contribution in [3.05, 3.63) is 118 Å². The lowest BCUT2D eigenvalue weighted by atomic mass is 9.78. The van der Waals surface area contributed by atoms with Crippen LogP contribution in [0.5, 0.6) is 17.2 Å². The van der Waals surface area contributed by atoms with E-state index in [2.05, 4.69) is 161 Å². The Morgan fingerprint density at radius 2 is 0.589 bits per heavy atom. The first kappa shape index (κ1) is 77.4. The van der Waals surface area contributed by atoms with Crippen molar-refractivity contribution < 1.29 is 43.9 Å². The quantitative estimate of drug-likeness (QED) is 0.0230. The number of phenols is 3. The summed E-state index contributed by atoms with van der Waals surface area (Å²) in [5.41, 5.74) is 5.60. The fraction of sp³-hybridized carbons (Fsp3) is 0.667. The van der Waals surface area contributed by atoms with E-state index in [1.54, 1.807) is 0 Å². The molecule has 1 aromatic heterocycles. The van der Waals surface area contributed by atoms with Crippen molar-refractivity contribution in [1.82, 2.24) is 13.7 Å². The largest absolute Gasteiger partial charge is 0.507 e. The molecular weight excluding hydrogens is 1200 g/mol. The molecule has 15 nitrogen and oxygen atoms in total. The number of hydrogen-bond donors (Lipinski definition) is 3. The number of nitrogens with zero attached hydrogens (tertiary/aromatic N) is 3. The van der Waals surface area contributed by atoms with Gasteiger partial charge in [0.25, 0.3) is 0 Å². The number of hydrogen-bond acceptors (Lipinski definition) is 15. The first-order valence-corrected chi connectivity index (χ1v) is 35.9. The maximum atomic E-state index is 13.9. The van der Waals surface area contributed by atoms with Crippen molar-refractivity contribution in [3.8, 4) is 17.2 Å². The van der Waals surface area contributed by atoms with Crippen LogP contribution in [0.1, 0.15) is 232 Å². The van der Waals surface area contributed by atoms with E-state index in [-0.39, 0.29) is 109 Å². The van der Waals surface area contributed by atoms with Crippen molar-refractivity contribution in [2.75, 3.05) is 54.3 Å². The molecule has 504 valence electrons. The number of phenolic OH excluding ortho intramolecular Hbond substituents is 3. The van der Waals surface area contributed by atoms with Gasteiger partial charge in [0.1, 0.15) is 17.2 Å². The van der Waals surface area contributed by atoms with Gasteiger partial charge in [-0.15, -0.1) is 0 Å². The smallest absolute Gasteiger partial charge is 0.336 e. The molecule has 0 unspecified atom stereocenters. The van der Waals surface area contributed by atoms with Crippen LogP contribution in [-0.2, 0) is 100.0 Å². The number of aromatic hydroxyl groups is 3. The highest BCUT2D eigenvalue weighted by molar-refractivity contribution is 7.99. The third-order valence-electron chi connectivity index (χ3n) is 15.9. The number of rotatable bonds is 33. The molecule has 3 N–H and O–H groups in total. The fourth-order valence-corrected chi connectivity index (χ4v) is 12.8. The predicted molar refractivity (Wildman–Crippen MR) is 373 cm³/mol. The Labute approximate surface area is 551 Å². The number of ether oxygens (including phenoxy) is 3. The van der Waals surface area contributed by atoms with Crippen LogP contribution in [-0.4, -0.2) is 101 Å². The summed E-state index contributed by atoms with van der Waals surface area (Å²) in [6.07, 6.45) is 5.27. The van der Waals surface area contributed by atoms with Gasteiger partial charge in [-0.05, 0) is 158 Å². The summed E-state index contributed by atoms with van der Waals surface area (Å²) in [5.74, 6) is 3.03. The van der Waals surface area contributed by atoms with E-state index >= 15 is 0 Å². The van der Waals surface area contributed by atoms with Gasteiger partial charge < -0.3 is 29.5 Å². The van der Waals surface area contributed by atoms with Crippen LogP contribution in [0, 0.1) is 0 Å². The van der Waals surface area contributed by atoms with Crippen LogP contribution in [0.4, 0.5) is 0 Å². The van der Waals surface area contributed by atoms with Crippen LogP contribution in [0.15, 0.2) is 50.8 Å². The van der Waals surface area contributed by atoms with Gasteiger partial charge in [-0.25, -0.2) is 28.1 Å². The van der Waals surface area contributed by atoms with E-state index in [0.717, 1.165) is 63.8 Å². The van der Waals surface area contributed by atoms with E-state index in [0.29, 0.717) is 110 Å². The Balaban J connectivity index is 1.29. The summed E-state index contributed by atoms with van der Waals surface area (Å²) in [4.78, 5) is 80.1. The molecule has 0 aliphatic heterocycles. The predicted octanol–water partition coefficient (Wildman–Crippen LogP) is 14.1. The number of thioether (sulfide) groups is 3. The molecule has 0 bridgehead atoms. The molecule has 0 saturated carbocycles. The first-order chi connectivity index (χ1) is 41.7. The maximum absolute atomic E-state index is 13.9. The second kappa shape index (κ2) is 34.2. The molecule has 0 aliphatic rings. The summed E-state index contributed by atoms with van der Waals surface area (Å²) in [7, 11) is 0. The average molecular weight is 1310 g/mol. The van der Waals surface area contributed by atoms with Crippen LogP contribution in [0.2, 0.25) is 0 Å². The van der Waals surface area contributed by atoms with Crippen molar-refractivity contribution >= 4 is 53.2 Å². The molecule has 0 amide bonds. The number of esters is 3. The maximum Gasteiger partial charge on any atom is 0.336 e. The van der Waals surface area contributed by atoms with Crippen molar-refractivity contribution in [1.29, 1.82) is 0 Å². The van der Waals surface area contributed by atoms with E-state index in [1.165, 1.54) is 35.3 Å². The third kappa shape index (κ3) is 24.4. The Morgan fingerprint density at radius 3 is 0.800 bits per heavy atom. The molecular formula is C72H111N3O12S3. The van der Waals surface area contributed by atoms with Gasteiger partial charge in [-0.2, -0.15) is 35.3 Å². The Morgan fingerprint density at radius 1 is 0.356 bits per heavy atom. The average Bonchev–Trinajstić information content (AvgIpc) is 1.64. The molecule has 4 rings (SSSR count). The van der Waals surface area contributed by atoms with Crippen LogP contribution in [0.3, 0.4) is 0 Å². The molecule has 0 saturated heterocycles. The zero-order chi connectivity index (χ0) is 67.6. The Kier molecular flexibility index (Phi) is 29.4. The number of aryl methyl sites for hydroxylation is 3. The highest BCUT2D eigenvalue weighted by Crippen LogP contribution is 2.41. The monoisotopic (exact) mass is 1310 g/mol. The van der Waals surface area contributed by atoms with Gasteiger partial charge in [0.05, 0.1) is 39.1 Å². The van der Waals surface area contributed by atoms with Gasteiger partial charge in [-0.3, -0.25) is 14.4 Å². The van der Waals surface area contributed by atoms with Crippen LogP contribution >= 0.6 is 35.3 Å². The van der Waals surface area contributed by atoms with Crippen molar-refractivity contribution in [2.45, 2.75) is 254 Å². The molecule has 4 aromatic rings. The minimum atomic E-state index is -0.678. The van der Waals surface area contributed by atoms with E-state index in [9.17, 15) is 44.1 Å². The SMILES string of the molecule is CC(C)(C)c1cc(CCCOC(=O)CCSCCCn2c(=O)n(CCCSCCC(=O)OCCCc3cc(C(C)(C)C)cc(C(C)(C)C)c3O)c(=O)n(CCCSCCC(=O)OCCCc3cc(C(C)(C)C)cc(C(C)(C)C)c3O)c2=O)c(O)c(C(C)(C)C)c1. The van der Waals surface area contributed by atoms with Crippen LogP contribution < -0.4 is 17.1 Å². The number of aromatic nitrogens is 3. The van der Waals surface area contributed by atoms with E-state index in [1.807, 2.05) is 0 Å². The topological polar surface area (TPSA) is 206 Å². The number of carbonyl (C=O) groups is 3. The molecule has 1 heterocycles. The second-order valence-electron chi connectivity index (χ2n) is 30.0. The second-order valence-corrected chi connectivity index (χ2v) is 33.7. The lowest BCUT2D eigenvalue weighted by molar-refractivity contribution is -0.144. The molecule has 0 aliphatic carbocycles. The summed E-state index contributed by atoms with van der Waals surface area (Å²) < 4.78 is 20.1. The molecule has 0 radical (unpaired) electrons. The Hall–Kier alpha value is -5.07. The van der Waals surface area contributed by atoms with Gasteiger partial charge in [0.15, 0.2) is 0 Å². The zero-order valence-corrected chi connectivity index (χ0v) is 60.5. The molecule has 3 aromatic carbocycles. The lowest BCUT2D eigenvalue weighted by Gasteiger charge is -2.27. The van der Waals surface area contributed by atoms with Crippen LogP contribution in [0.25, 0.3) is 0 Å². The standard InChI is InChI=1S/C72H111N3O12S3/c1-67(2,3)52-43-49(61(79)55(46-52)70(10,11)12)25-19-34-85-58(76)28-40-88-37-22-31-73-64(82)74(32-23-38-89-41-29-59(77)86-35-20-26-50-44-53(68(4,5)6)47-56(62(50)80)71(13,14)15)66(84)75(65(73)83)33-24-39-90-42-30-60(78)87-36-21-27-51-45-54(69(7,8)9)48-57(63(51)81)72(16,17)18/h43-48,79-81H,19-42H2,1-18H3. The fourth-order valence-electron chi connectivity index (χ4n) is 10.2. The normalized spacial score (nSPS) is 12.6. The lowest BCUT2D eigenvalue weighted by Crippen LogP contribution is -2.54. The summed E-state index contributed by atoms with van der Waals surface area (Å²) in [5, 5.41) is 33.5. The minimum absolute atomic E-state index is 0.0775.